The quantitative estimate of drug-likeness (QED) is 0.405. The first-order valence-electron chi connectivity index (χ1n) is 9.77. The van der Waals surface area contributed by atoms with Crippen LogP contribution in [0, 0.1) is 28.7 Å². The smallest absolute Gasteiger partial charge is 0.211 e. The van der Waals surface area contributed by atoms with Gasteiger partial charge in [0.1, 0.15) is 29.3 Å². The van der Waals surface area contributed by atoms with Crippen LogP contribution in [0.4, 0.5) is 17.3 Å². The molecule has 1 unspecified atom stereocenters. The maximum atomic E-state index is 9.45. The predicted octanol–water partition coefficient (Wildman–Crippen LogP) is 2.49. The minimum Gasteiger partial charge on any atom is -0.490 e. The number of nitrogen functional groups attached to an aromatic ring is 2. The molecule has 0 bridgehead atoms. The van der Waals surface area contributed by atoms with E-state index >= 15 is 0 Å². The fourth-order valence-corrected chi connectivity index (χ4v) is 3.16. The molecule has 1 atom stereocenters. The molecule has 0 radical (unpaired) electrons. The zero-order chi connectivity index (χ0) is 22.5. The van der Waals surface area contributed by atoms with E-state index in [-0.39, 0.29) is 23.0 Å². The average molecular weight is 420 g/mol. The molecule has 10 nitrogen and oxygen atoms in total. The lowest BCUT2D eigenvalue weighted by Gasteiger charge is -2.26. The van der Waals surface area contributed by atoms with Crippen LogP contribution in [-0.2, 0) is 0 Å². The fraction of sp³-hybridized carbons (Fsp3) is 0.333. The van der Waals surface area contributed by atoms with Gasteiger partial charge in [0.05, 0.1) is 18.9 Å². The molecule has 0 aliphatic carbocycles. The monoisotopic (exact) mass is 420 g/mol. The largest absolute Gasteiger partial charge is 0.490 e. The van der Waals surface area contributed by atoms with Crippen molar-refractivity contribution in [3.63, 3.8) is 0 Å². The predicted molar refractivity (Wildman–Crippen MR) is 117 cm³/mol. The summed E-state index contributed by atoms with van der Waals surface area (Å²) in [6.45, 7) is 7.01. The minimum absolute atomic E-state index is 0.00403. The van der Waals surface area contributed by atoms with Gasteiger partial charge < -0.3 is 26.3 Å². The number of nitrogens with one attached hydrogen (secondary N) is 2. The second kappa shape index (κ2) is 9.09. The lowest BCUT2D eigenvalue weighted by Crippen LogP contribution is -2.32. The summed E-state index contributed by atoms with van der Waals surface area (Å²) < 4.78 is 11.7. The Kier molecular flexibility index (Phi) is 6.32. The fourth-order valence-electron chi connectivity index (χ4n) is 3.16. The van der Waals surface area contributed by atoms with Crippen molar-refractivity contribution in [2.75, 3.05) is 30.0 Å². The number of anilines is 3. The third-order valence-corrected chi connectivity index (χ3v) is 4.51. The summed E-state index contributed by atoms with van der Waals surface area (Å²) in [5, 5.41) is 23.9. The van der Waals surface area contributed by atoms with E-state index in [0.29, 0.717) is 42.0 Å². The van der Waals surface area contributed by atoms with E-state index in [0.717, 1.165) is 5.56 Å². The number of pyridine rings is 1. The molecule has 0 fully saturated rings. The van der Waals surface area contributed by atoms with Gasteiger partial charge in [0, 0.05) is 5.56 Å². The van der Waals surface area contributed by atoms with E-state index in [1.165, 1.54) is 0 Å². The van der Waals surface area contributed by atoms with Gasteiger partial charge in [0.15, 0.2) is 17.7 Å². The molecule has 1 aromatic carbocycles. The Morgan fingerprint density at radius 3 is 2.65 bits per heavy atom. The highest BCUT2D eigenvalue weighted by Gasteiger charge is 2.30. The first kappa shape index (κ1) is 21.5. The number of aliphatic imine (C=N–C) groups is 1. The Morgan fingerprint density at radius 1 is 1.23 bits per heavy atom. The van der Waals surface area contributed by atoms with Crippen LogP contribution in [0.3, 0.4) is 0 Å². The molecule has 0 amide bonds. The normalized spacial score (nSPS) is 14.5. The molecule has 0 saturated carbocycles. The molecule has 1 aliphatic heterocycles. The summed E-state index contributed by atoms with van der Waals surface area (Å²) in [6, 6.07) is 6.80. The van der Waals surface area contributed by atoms with Crippen LogP contribution in [0.2, 0.25) is 0 Å². The molecular weight excluding hydrogens is 396 g/mol. The van der Waals surface area contributed by atoms with E-state index < -0.39 is 6.04 Å². The SMILES string of the molecule is CCOc1cc(C2N=C(NC#N)Nc3nc(N)c(C#N)c(N)c32)ccc1OCC(C)C. The molecule has 3 rings (SSSR count). The van der Waals surface area contributed by atoms with Crippen LogP contribution in [0.1, 0.15) is 43.5 Å². The highest BCUT2D eigenvalue weighted by molar-refractivity contribution is 5.98. The number of hydrogen-bond donors (Lipinski definition) is 4. The van der Waals surface area contributed by atoms with Crippen molar-refractivity contribution in [1.82, 2.24) is 10.3 Å². The number of benzene rings is 1. The summed E-state index contributed by atoms with van der Waals surface area (Å²) in [5.41, 5.74) is 13.6. The molecule has 0 saturated heterocycles. The molecule has 6 N–H and O–H groups in total. The molecule has 1 aliphatic rings. The zero-order valence-corrected chi connectivity index (χ0v) is 17.6. The van der Waals surface area contributed by atoms with Gasteiger partial charge in [0.25, 0.3) is 0 Å². The summed E-state index contributed by atoms with van der Waals surface area (Å²) in [5.74, 6) is 2.05. The Labute approximate surface area is 180 Å². The van der Waals surface area contributed by atoms with Crippen LogP contribution in [-0.4, -0.2) is 24.2 Å². The van der Waals surface area contributed by atoms with Crippen molar-refractivity contribution in [2.24, 2.45) is 10.9 Å². The summed E-state index contributed by atoms with van der Waals surface area (Å²) in [6.07, 6.45) is 1.83. The second-order valence-corrected chi connectivity index (χ2v) is 7.25. The van der Waals surface area contributed by atoms with Gasteiger partial charge in [-0.1, -0.05) is 19.9 Å². The van der Waals surface area contributed by atoms with Gasteiger partial charge in [0.2, 0.25) is 5.96 Å². The van der Waals surface area contributed by atoms with E-state index in [4.69, 9.17) is 26.2 Å². The van der Waals surface area contributed by atoms with Crippen molar-refractivity contribution >= 4 is 23.3 Å². The van der Waals surface area contributed by atoms with Gasteiger partial charge in [-0.15, -0.1) is 0 Å². The maximum absolute atomic E-state index is 9.45. The van der Waals surface area contributed by atoms with Crippen molar-refractivity contribution in [1.29, 1.82) is 10.5 Å². The Bertz CT molecular complexity index is 1100. The number of fused-ring (bicyclic) bond motifs is 1. The number of nitriles is 2. The third kappa shape index (κ3) is 4.38. The first-order chi connectivity index (χ1) is 14.9. The molecular formula is C21H24N8O2. The van der Waals surface area contributed by atoms with E-state index in [9.17, 15) is 5.26 Å². The number of rotatable bonds is 6. The second-order valence-electron chi connectivity index (χ2n) is 7.25. The number of hydrogen-bond acceptors (Lipinski definition) is 10. The topological polar surface area (TPSA) is 167 Å². The zero-order valence-electron chi connectivity index (χ0n) is 17.6. The van der Waals surface area contributed by atoms with Crippen molar-refractivity contribution in [2.45, 2.75) is 26.8 Å². The van der Waals surface area contributed by atoms with Crippen LogP contribution >= 0.6 is 0 Å². The maximum Gasteiger partial charge on any atom is 0.211 e. The summed E-state index contributed by atoms with van der Waals surface area (Å²) >= 11 is 0. The molecule has 1 aromatic heterocycles. The van der Waals surface area contributed by atoms with Crippen molar-refractivity contribution < 1.29 is 9.47 Å². The van der Waals surface area contributed by atoms with Crippen LogP contribution < -0.4 is 31.6 Å². The highest BCUT2D eigenvalue weighted by Crippen LogP contribution is 2.42. The Balaban J connectivity index is 2.14. The number of aromatic nitrogens is 1. The average Bonchev–Trinajstić information content (AvgIpc) is 2.72. The van der Waals surface area contributed by atoms with E-state index in [2.05, 4.69) is 34.5 Å². The van der Waals surface area contributed by atoms with E-state index in [1.807, 2.05) is 37.4 Å². The molecule has 2 heterocycles. The molecule has 160 valence electrons. The number of ether oxygens (including phenoxy) is 2. The lowest BCUT2D eigenvalue weighted by atomic mass is 9.95. The molecule has 10 heteroatoms. The highest BCUT2D eigenvalue weighted by atomic mass is 16.5. The Morgan fingerprint density at radius 2 is 2.00 bits per heavy atom. The standard InChI is InChI=1S/C21H24N8O2/c1-4-30-15-7-12(5-6-14(15)31-9-11(2)3)18-16-17(24)13(8-22)19(25)28-20(16)29-21(27-18)26-10-23/h5-7,11,18H,4,9H2,1-3H3,(H6,24,25,26,27,28,29). The number of nitrogens with zero attached hydrogens (tertiary/aromatic N) is 4. The van der Waals surface area contributed by atoms with Crippen molar-refractivity contribution in [3.05, 3.63) is 34.9 Å². The van der Waals surface area contributed by atoms with E-state index in [1.54, 1.807) is 0 Å². The Hall–Kier alpha value is -4.18. The molecule has 0 spiro atoms. The van der Waals surface area contributed by atoms with Gasteiger partial charge in [-0.2, -0.15) is 10.5 Å². The van der Waals surface area contributed by atoms with Gasteiger partial charge >= 0.3 is 0 Å². The van der Waals surface area contributed by atoms with Crippen molar-refractivity contribution in [3.8, 4) is 23.8 Å². The van der Waals surface area contributed by atoms with Crippen LogP contribution in [0.5, 0.6) is 11.5 Å². The lowest BCUT2D eigenvalue weighted by molar-refractivity contribution is 0.248. The number of nitrogens with two attached hydrogens (primary N) is 2. The van der Waals surface area contributed by atoms with Gasteiger partial charge in [-0.3, -0.25) is 5.32 Å². The van der Waals surface area contributed by atoms with Crippen LogP contribution in [0.15, 0.2) is 23.2 Å². The van der Waals surface area contributed by atoms with Gasteiger partial charge in [-0.05, 0) is 30.5 Å². The molecule has 2 aromatic rings. The van der Waals surface area contributed by atoms with Gasteiger partial charge in [-0.25, -0.2) is 9.98 Å². The number of guanidine groups is 1. The van der Waals surface area contributed by atoms with Crippen LogP contribution in [0.25, 0.3) is 0 Å². The molecule has 31 heavy (non-hydrogen) atoms. The summed E-state index contributed by atoms with van der Waals surface area (Å²) in [4.78, 5) is 8.82. The first-order valence-corrected chi connectivity index (χ1v) is 9.77. The third-order valence-electron chi connectivity index (χ3n) is 4.51. The minimum atomic E-state index is -0.648. The summed E-state index contributed by atoms with van der Waals surface area (Å²) in [7, 11) is 0.